The molecule has 0 fully saturated rings. The third kappa shape index (κ3) is 1.83. The Kier molecular flexibility index (Phi) is 2.84. The lowest BCUT2D eigenvalue weighted by Gasteiger charge is -2.36. The third-order valence-electron chi connectivity index (χ3n) is 3.77. The summed E-state index contributed by atoms with van der Waals surface area (Å²) in [6.07, 6.45) is 0. The van der Waals surface area contributed by atoms with Crippen molar-refractivity contribution in [3.8, 4) is 0 Å². The molecule has 1 amide bonds. The van der Waals surface area contributed by atoms with Crippen molar-refractivity contribution in [1.29, 1.82) is 0 Å². The van der Waals surface area contributed by atoms with Gasteiger partial charge in [0, 0.05) is 18.7 Å². The third-order valence-corrected chi connectivity index (χ3v) is 3.77. The Balaban J connectivity index is 2.19. The lowest BCUT2D eigenvalue weighted by Crippen LogP contribution is -2.49. The molecule has 3 rings (SSSR count). The number of anilines is 1. The van der Waals surface area contributed by atoms with Crippen molar-refractivity contribution in [1.82, 2.24) is 0 Å². The molecule has 1 heterocycles. The SMILES string of the molecule is CN1C(=O)[C@H](N)[C@@H](c2ccccc2)c2ccccc21. The zero-order valence-corrected chi connectivity index (χ0v) is 10.8. The number of carbonyl (C=O) groups is 1. The fourth-order valence-electron chi connectivity index (χ4n) is 2.78. The summed E-state index contributed by atoms with van der Waals surface area (Å²) in [6, 6.07) is 17.4. The molecule has 0 radical (unpaired) electrons. The zero-order chi connectivity index (χ0) is 13.4. The Labute approximate surface area is 112 Å². The molecule has 0 aliphatic carbocycles. The Morgan fingerprint density at radius 2 is 1.63 bits per heavy atom. The van der Waals surface area contributed by atoms with Crippen LogP contribution in [0.1, 0.15) is 17.0 Å². The summed E-state index contributed by atoms with van der Waals surface area (Å²) in [5.41, 5.74) is 9.32. The van der Waals surface area contributed by atoms with Crippen molar-refractivity contribution in [2.45, 2.75) is 12.0 Å². The van der Waals surface area contributed by atoms with Crippen molar-refractivity contribution in [2.24, 2.45) is 5.73 Å². The average Bonchev–Trinajstić information content (AvgIpc) is 2.46. The van der Waals surface area contributed by atoms with Gasteiger partial charge in [-0.2, -0.15) is 0 Å². The van der Waals surface area contributed by atoms with E-state index < -0.39 is 6.04 Å². The molecule has 0 saturated heterocycles. The first kappa shape index (κ1) is 11.9. The maximum atomic E-state index is 12.3. The molecular formula is C16H16N2O. The molecular weight excluding hydrogens is 236 g/mol. The van der Waals surface area contributed by atoms with Crippen LogP contribution in [-0.4, -0.2) is 19.0 Å². The van der Waals surface area contributed by atoms with E-state index in [1.807, 2.05) is 48.5 Å². The highest BCUT2D eigenvalue weighted by Gasteiger charge is 2.36. The molecule has 2 aromatic carbocycles. The fraction of sp³-hybridized carbons (Fsp3) is 0.188. The van der Waals surface area contributed by atoms with E-state index in [9.17, 15) is 4.79 Å². The second kappa shape index (κ2) is 4.52. The number of amides is 1. The van der Waals surface area contributed by atoms with Gasteiger partial charge in [-0.25, -0.2) is 0 Å². The summed E-state index contributed by atoms with van der Waals surface area (Å²) in [7, 11) is 1.78. The van der Waals surface area contributed by atoms with E-state index in [0.29, 0.717) is 0 Å². The number of nitrogens with zero attached hydrogens (tertiary/aromatic N) is 1. The molecule has 2 aromatic rings. The Bertz CT molecular complexity index is 609. The van der Waals surface area contributed by atoms with Gasteiger partial charge in [0.1, 0.15) is 0 Å². The summed E-state index contributed by atoms with van der Waals surface area (Å²) < 4.78 is 0. The summed E-state index contributed by atoms with van der Waals surface area (Å²) in [6.45, 7) is 0. The molecule has 1 aliphatic rings. The number of nitrogens with two attached hydrogens (primary N) is 1. The van der Waals surface area contributed by atoms with Gasteiger partial charge in [-0.15, -0.1) is 0 Å². The van der Waals surface area contributed by atoms with E-state index in [-0.39, 0.29) is 11.8 Å². The standard InChI is InChI=1S/C16H16N2O/c1-18-13-10-6-5-9-12(13)14(15(17)16(18)19)11-7-3-2-4-8-11/h2-10,14-15H,17H2,1H3/t14-,15+/m0/s1. The predicted octanol–water partition coefficient (Wildman–Crippen LogP) is 2.12. The smallest absolute Gasteiger partial charge is 0.244 e. The lowest BCUT2D eigenvalue weighted by atomic mass is 9.81. The topological polar surface area (TPSA) is 46.3 Å². The van der Waals surface area contributed by atoms with Crippen molar-refractivity contribution < 1.29 is 4.79 Å². The Morgan fingerprint density at radius 1 is 1.00 bits per heavy atom. The predicted molar refractivity (Wildman–Crippen MR) is 76.1 cm³/mol. The molecule has 19 heavy (non-hydrogen) atoms. The van der Waals surface area contributed by atoms with Gasteiger partial charge in [0.15, 0.2) is 0 Å². The van der Waals surface area contributed by atoms with Crippen LogP contribution in [0.4, 0.5) is 5.69 Å². The maximum absolute atomic E-state index is 12.3. The molecule has 0 unspecified atom stereocenters. The fourth-order valence-corrected chi connectivity index (χ4v) is 2.78. The molecule has 2 atom stereocenters. The monoisotopic (exact) mass is 252 g/mol. The van der Waals surface area contributed by atoms with Crippen molar-refractivity contribution in [3.05, 3.63) is 65.7 Å². The number of rotatable bonds is 1. The van der Waals surface area contributed by atoms with Crippen molar-refractivity contribution >= 4 is 11.6 Å². The lowest BCUT2D eigenvalue weighted by molar-refractivity contribution is -0.120. The van der Waals surface area contributed by atoms with Gasteiger partial charge in [0.25, 0.3) is 0 Å². The minimum atomic E-state index is -0.526. The summed E-state index contributed by atoms with van der Waals surface area (Å²) in [5.74, 6) is -0.103. The second-order valence-electron chi connectivity index (χ2n) is 4.87. The molecule has 0 bridgehead atoms. The first-order valence-corrected chi connectivity index (χ1v) is 6.37. The molecule has 3 heteroatoms. The Hall–Kier alpha value is -2.13. The van der Waals surface area contributed by atoms with Crippen LogP contribution in [0.25, 0.3) is 0 Å². The van der Waals surface area contributed by atoms with E-state index in [0.717, 1.165) is 16.8 Å². The quantitative estimate of drug-likeness (QED) is 0.845. The highest BCUT2D eigenvalue weighted by molar-refractivity contribution is 6.01. The average molecular weight is 252 g/mol. The minimum Gasteiger partial charge on any atom is -0.319 e. The van der Waals surface area contributed by atoms with Gasteiger partial charge in [0.2, 0.25) is 5.91 Å². The van der Waals surface area contributed by atoms with E-state index in [1.54, 1.807) is 11.9 Å². The van der Waals surface area contributed by atoms with E-state index in [2.05, 4.69) is 6.07 Å². The van der Waals surface area contributed by atoms with Crippen molar-refractivity contribution in [2.75, 3.05) is 11.9 Å². The van der Waals surface area contributed by atoms with Crippen LogP contribution in [0.2, 0.25) is 0 Å². The van der Waals surface area contributed by atoms with Crippen LogP contribution in [0.3, 0.4) is 0 Å². The molecule has 0 saturated carbocycles. The molecule has 0 aromatic heterocycles. The summed E-state index contributed by atoms with van der Waals surface area (Å²) in [4.78, 5) is 13.9. The van der Waals surface area contributed by atoms with Gasteiger partial charge >= 0.3 is 0 Å². The Morgan fingerprint density at radius 3 is 2.37 bits per heavy atom. The zero-order valence-electron chi connectivity index (χ0n) is 10.8. The molecule has 2 N–H and O–H groups in total. The van der Waals surface area contributed by atoms with Crippen LogP contribution in [0.5, 0.6) is 0 Å². The summed E-state index contributed by atoms with van der Waals surface area (Å²) >= 11 is 0. The maximum Gasteiger partial charge on any atom is 0.244 e. The van der Waals surface area contributed by atoms with Gasteiger partial charge in [-0.05, 0) is 17.2 Å². The van der Waals surface area contributed by atoms with Gasteiger partial charge < -0.3 is 10.6 Å². The molecule has 0 spiro atoms. The van der Waals surface area contributed by atoms with Gasteiger partial charge in [0.05, 0.1) is 6.04 Å². The summed E-state index contributed by atoms with van der Waals surface area (Å²) in [5, 5.41) is 0. The number of benzene rings is 2. The first-order chi connectivity index (χ1) is 9.20. The highest BCUT2D eigenvalue weighted by Crippen LogP contribution is 2.38. The number of para-hydroxylation sites is 1. The number of fused-ring (bicyclic) bond motifs is 1. The van der Waals surface area contributed by atoms with Crippen LogP contribution in [-0.2, 0) is 4.79 Å². The van der Waals surface area contributed by atoms with Crippen LogP contribution in [0.15, 0.2) is 54.6 Å². The molecule has 3 nitrogen and oxygen atoms in total. The van der Waals surface area contributed by atoms with E-state index >= 15 is 0 Å². The number of carbonyl (C=O) groups excluding carboxylic acids is 1. The largest absolute Gasteiger partial charge is 0.319 e. The van der Waals surface area contributed by atoms with Crippen LogP contribution in [0, 0.1) is 0 Å². The first-order valence-electron chi connectivity index (χ1n) is 6.37. The minimum absolute atomic E-state index is 0.0347. The van der Waals surface area contributed by atoms with Crippen LogP contribution < -0.4 is 10.6 Å². The number of hydrogen-bond acceptors (Lipinski definition) is 2. The van der Waals surface area contributed by atoms with Gasteiger partial charge in [-0.1, -0.05) is 48.5 Å². The molecule has 96 valence electrons. The number of hydrogen-bond donors (Lipinski definition) is 1. The second-order valence-corrected chi connectivity index (χ2v) is 4.87. The van der Waals surface area contributed by atoms with Gasteiger partial charge in [-0.3, -0.25) is 4.79 Å². The highest BCUT2D eigenvalue weighted by atomic mass is 16.2. The van der Waals surface area contributed by atoms with E-state index in [4.69, 9.17) is 5.73 Å². The molecule has 1 aliphatic heterocycles. The van der Waals surface area contributed by atoms with Crippen LogP contribution >= 0.6 is 0 Å². The van der Waals surface area contributed by atoms with E-state index in [1.165, 1.54) is 0 Å². The number of likely N-dealkylation sites (N-methyl/N-ethyl adjacent to an activating group) is 1. The normalized spacial score (nSPS) is 22.2. The van der Waals surface area contributed by atoms with Crippen molar-refractivity contribution in [3.63, 3.8) is 0 Å².